The summed E-state index contributed by atoms with van der Waals surface area (Å²) in [4.78, 5) is 29.5. The molecule has 0 saturated heterocycles. The summed E-state index contributed by atoms with van der Waals surface area (Å²) in [7, 11) is -4.18. The van der Waals surface area contributed by atoms with Gasteiger partial charge in [-0.15, -0.1) is 11.8 Å². The van der Waals surface area contributed by atoms with Crippen LogP contribution in [0, 0.1) is 0 Å². The van der Waals surface area contributed by atoms with Crippen LogP contribution in [0.5, 0.6) is 5.75 Å². The molecule has 3 rings (SSSR count). The van der Waals surface area contributed by atoms with Crippen molar-refractivity contribution in [1.29, 1.82) is 0 Å². The summed E-state index contributed by atoms with van der Waals surface area (Å²) in [6.45, 7) is 5.74. The minimum atomic E-state index is -4.18. The van der Waals surface area contributed by atoms with Crippen LogP contribution in [0.1, 0.15) is 32.8 Å². The van der Waals surface area contributed by atoms with Crippen molar-refractivity contribution in [3.8, 4) is 5.75 Å². The summed E-state index contributed by atoms with van der Waals surface area (Å²) in [5, 5.41) is 3.44. The van der Waals surface area contributed by atoms with E-state index >= 15 is 0 Å². The molecule has 0 spiro atoms. The van der Waals surface area contributed by atoms with E-state index in [0.717, 1.165) is 9.20 Å². The summed E-state index contributed by atoms with van der Waals surface area (Å²) < 4.78 is 34.6. The SMILES string of the molecule is CCNC(=O)[C@H](CC)N(Cc1ccc(Cl)c(Cl)c1)C(=O)CN(c1ccc(OCC)cc1)S(=O)(=O)c1ccc(SC)cc1. The number of rotatable bonds is 14. The zero-order chi connectivity index (χ0) is 30.9. The minimum Gasteiger partial charge on any atom is -0.494 e. The molecule has 0 aliphatic carbocycles. The normalized spacial score (nSPS) is 12.0. The van der Waals surface area contributed by atoms with Crippen molar-refractivity contribution in [2.45, 2.75) is 49.6 Å². The summed E-state index contributed by atoms with van der Waals surface area (Å²) in [6, 6.07) is 17.1. The number of benzene rings is 3. The Hall–Kier alpha value is -2.92. The highest BCUT2D eigenvalue weighted by Crippen LogP contribution is 2.29. The van der Waals surface area contributed by atoms with Crippen LogP contribution in [-0.4, -0.2) is 57.1 Å². The van der Waals surface area contributed by atoms with E-state index < -0.39 is 28.5 Å². The number of thioether (sulfide) groups is 1. The Balaban J connectivity index is 2.07. The van der Waals surface area contributed by atoms with Gasteiger partial charge >= 0.3 is 0 Å². The highest BCUT2D eigenvalue weighted by molar-refractivity contribution is 7.98. The number of sulfonamides is 1. The minimum absolute atomic E-state index is 0.0188. The smallest absolute Gasteiger partial charge is 0.264 e. The Morgan fingerprint density at radius 3 is 2.17 bits per heavy atom. The van der Waals surface area contributed by atoms with Crippen molar-refractivity contribution >= 4 is 62.5 Å². The fourth-order valence-corrected chi connectivity index (χ4v) is 6.47. The van der Waals surface area contributed by atoms with Crippen LogP contribution in [0.15, 0.2) is 76.5 Å². The molecule has 3 aromatic rings. The topological polar surface area (TPSA) is 96.0 Å². The fraction of sp³-hybridized carbons (Fsp3) is 0.333. The van der Waals surface area contributed by atoms with Gasteiger partial charge in [0, 0.05) is 18.0 Å². The van der Waals surface area contributed by atoms with Gasteiger partial charge in [-0.3, -0.25) is 13.9 Å². The van der Waals surface area contributed by atoms with Crippen LogP contribution in [0.3, 0.4) is 0 Å². The van der Waals surface area contributed by atoms with E-state index in [-0.39, 0.29) is 23.0 Å². The van der Waals surface area contributed by atoms with Gasteiger partial charge in [0.15, 0.2) is 0 Å². The predicted octanol–water partition coefficient (Wildman–Crippen LogP) is 6.25. The van der Waals surface area contributed by atoms with Crippen LogP contribution < -0.4 is 14.4 Å². The standard InChI is InChI=1S/C30H35Cl2N3O5S2/c1-5-28(30(37)33-6-2)34(19-21-8-17-26(31)27(32)18-21)29(36)20-35(22-9-11-23(12-10-22)40-7-3)42(38,39)25-15-13-24(41-4)14-16-25/h8-18,28H,5-7,19-20H2,1-4H3,(H,33,37)/t28-/m0/s1. The number of ether oxygens (including phenoxy) is 1. The monoisotopic (exact) mass is 651 g/mol. The molecule has 12 heteroatoms. The number of halogens is 2. The van der Waals surface area contributed by atoms with Gasteiger partial charge in [-0.1, -0.05) is 36.2 Å². The summed E-state index contributed by atoms with van der Waals surface area (Å²) >= 11 is 13.8. The first-order valence-corrected chi connectivity index (χ1v) is 16.9. The van der Waals surface area contributed by atoms with Gasteiger partial charge < -0.3 is 15.0 Å². The van der Waals surface area contributed by atoms with Crippen molar-refractivity contribution in [2.75, 3.05) is 30.3 Å². The Bertz CT molecular complexity index is 1470. The number of anilines is 1. The molecule has 0 aliphatic rings. The lowest BCUT2D eigenvalue weighted by atomic mass is 10.1. The molecule has 2 amide bonds. The maximum Gasteiger partial charge on any atom is 0.264 e. The predicted molar refractivity (Wildman–Crippen MR) is 170 cm³/mol. The number of hydrogen-bond acceptors (Lipinski definition) is 6. The first kappa shape index (κ1) is 33.6. The maximum absolute atomic E-state index is 14.1. The van der Waals surface area contributed by atoms with Gasteiger partial charge in [-0.05, 0) is 92.8 Å². The molecule has 0 unspecified atom stereocenters. The van der Waals surface area contributed by atoms with E-state index in [2.05, 4.69) is 5.32 Å². The van der Waals surface area contributed by atoms with Gasteiger partial charge in [0.05, 0.1) is 27.2 Å². The third-order valence-corrected chi connectivity index (χ3v) is 9.71. The summed E-state index contributed by atoms with van der Waals surface area (Å²) in [5.41, 5.74) is 0.921. The summed E-state index contributed by atoms with van der Waals surface area (Å²) in [5.74, 6) is -0.327. The van der Waals surface area contributed by atoms with Crippen molar-refractivity contribution in [1.82, 2.24) is 10.2 Å². The molecule has 3 aromatic carbocycles. The van der Waals surface area contributed by atoms with Crippen molar-refractivity contribution in [2.24, 2.45) is 0 Å². The molecule has 0 radical (unpaired) electrons. The molecule has 226 valence electrons. The van der Waals surface area contributed by atoms with Gasteiger partial charge in [-0.2, -0.15) is 0 Å². The van der Waals surface area contributed by atoms with E-state index in [9.17, 15) is 18.0 Å². The molecule has 0 bridgehead atoms. The number of likely N-dealkylation sites (N-methyl/N-ethyl adjacent to an activating group) is 1. The van der Waals surface area contributed by atoms with E-state index in [1.165, 1.54) is 28.8 Å². The van der Waals surface area contributed by atoms with Crippen LogP contribution in [0.2, 0.25) is 10.0 Å². The lowest BCUT2D eigenvalue weighted by Crippen LogP contribution is -2.52. The quantitative estimate of drug-likeness (QED) is 0.207. The second kappa shape index (κ2) is 15.5. The van der Waals surface area contributed by atoms with Crippen LogP contribution >= 0.6 is 35.0 Å². The summed E-state index contributed by atoms with van der Waals surface area (Å²) in [6.07, 6.45) is 2.21. The van der Waals surface area contributed by atoms with Crippen LogP contribution in [-0.2, 0) is 26.2 Å². The average Bonchev–Trinajstić information content (AvgIpc) is 2.98. The van der Waals surface area contributed by atoms with Gasteiger partial charge in [0.1, 0.15) is 18.3 Å². The Morgan fingerprint density at radius 2 is 1.62 bits per heavy atom. The lowest BCUT2D eigenvalue weighted by Gasteiger charge is -2.33. The first-order valence-electron chi connectivity index (χ1n) is 13.5. The Kier molecular flexibility index (Phi) is 12.4. The lowest BCUT2D eigenvalue weighted by molar-refractivity contribution is -0.140. The largest absolute Gasteiger partial charge is 0.494 e. The molecule has 0 aliphatic heterocycles. The second-order valence-corrected chi connectivity index (χ2v) is 12.8. The average molecular weight is 653 g/mol. The number of amides is 2. The second-order valence-electron chi connectivity index (χ2n) is 9.20. The number of nitrogens with one attached hydrogen (secondary N) is 1. The molecular weight excluding hydrogens is 617 g/mol. The molecule has 0 saturated carbocycles. The van der Waals surface area contributed by atoms with Gasteiger partial charge in [0.2, 0.25) is 11.8 Å². The molecule has 0 fully saturated rings. The van der Waals surface area contributed by atoms with Gasteiger partial charge in [-0.25, -0.2) is 8.42 Å². The molecule has 0 heterocycles. The zero-order valence-electron chi connectivity index (χ0n) is 24.0. The van der Waals surface area contributed by atoms with Crippen LogP contribution in [0.25, 0.3) is 0 Å². The molecular formula is C30H35Cl2N3O5S2. The Labute approximate surface area is 262 Å². The van der Waals surface area contributed by atoms with Crippen molar-refractivity contribution < 1.29 is 22.7 Å². The molecule has 0 aromatic heterocycles. The van der Waals surface area contributed by atoms with E-state index in [1.807, 2.05) is 13.2 Å². The Morgan fingerprint density at radius 1 is 0.952 bits per heavy atom. The van der Waals surface area contributed by atoms with Crippen LogP contribution in [0.4, 0.5) is 5.69 Å². The zero-order valence-corrected chi connectivity index (χ0v) is 27.1. The highest BCUT2D eigenvalue weighted by atomic mass is 35.5. The first-order chi connectivity index (χ1) is 20.0. The number of carbonyl (C=O) groups is 2. The molecule has 8 nitrogen and oxygen atoms in total. The molecule has 1 N–H and O–H groups in total. The van der Waals surface area contributed by atoms with E-state index in [4.69, 9.17) is 27.9 Å². The molecule has 1 atom stereocenters. The van der Waals surface area contributed by atoms with Gasteiger partial charge in [0.25, 0.3) is 10.0 Å². The molecule has 42 heavy (non-hydrogen) atoms. The maximum atomic E-state index is 14.1. The van der Waals surface area contributed by atoms with Crippen molar-refractivity contribution in [3.05, 3.63) is 82.3 Å². The number of carbonyl (C=O) groups excluding carboxylic acids is 2. The van der Waals surface area contributed by atoms with E-state index in [1.54, 1.807) is 68.4 Å². The third-order valence-electron chi connectivity index (χ3n) is 6.44. The van der Waals surface area contributed by atoms with Crippen molar-refractivity contribution in [3.63, 3.8) is 0 Å². The van der Waals surface area contributed by atoms with E-state index in [0.29, 0.717) is 40.9 Å². The number of nitrogens with zero attached hydrogens (tertiary/aromatic N) is 2. The third kappa shape index (κ3) is 8.34. The highest BCUT2D eigenvalue weighted by Gasteiger charge is 2.33. The number of hydrogen-bond donors (Lipinski definition) is 1. The fourth-order valence-electron chi connectivity index (χ4n) is 4.33.